The van der Waals surface area contributed by atoms with E-state index in [-0.39, 0.29) is 23.3 Å². The number of hydrogen-bond donors (Lipinski definition) is 2. The van der Waals surface area contributed by atoms with Crippen LogP contribution in [0, 0.1) is 6.92 Å². The molecule has 11 heteroatoms. The third kappa shape index (κ3) is 4.48. The van der Waals surface area contributed by atoms with Crippen LogP contribution in [0.15, 0.2) is 22.5 Å². The molecule has 0 atom stereocenters. The van der Waals surface area contributed by atoms with Gasteiger partial charge in [0, 0.05) is 19.0 Å². The number of anilines is 1. The summed E-state index contributed by atoms with van der Waals surface area (Å²) in [6.45, 7) is 2.02. The molecule has 2 amide bonds. The third-order valence-corrected chi connectivity index (χ3v) is 6.25. The number of aryl methyl sites for hydroxylation is 1. The largest absolute Gasteiger partial charge is 0.348 e. The highest BCUT2D eigenvalue weighted by Crippen LogP contribution is 2.28. The molecule has 0 aliphatic rings. The first-order chi connectivity index (χ1) is 12.4. The van der Waals surface area contributed by atoms with Gasteiger partial charge in [0.05, 0.1) is 16.3 Å². The van der Waals surface area contributed by atoms with Crippen molar-refractivity contribution in [3.63, 3.8) is 0 Å². The highest BCUT2D eigenvalue weighted by molar-refractivity contribution is 8.01. The molecule has 0 aliphatic heterocycles. The maximum Gasteiger partial charge on any atom is 0.277 e. The van der Waals surface area contributed by atoms with E-state index in [0.717, 1.165) is 10.6 Å². The van der Waals surface area contributed by atoms with E-state index < -0.39 is 0 Å². The Morgan fingerprint density at radius 3 is 2.77 bits per heavy atom. The van der Waals surface area contributed by atoms with E-state index in [0.29, 0.717) is 9.47 Å². The Kier molecular flexibility index (Phi) is 5.69. The second kappa shape index (κ2) is 7.98. The highest BCUT2D eigenvalue weighted by atomic mass is 32.2. The zero-order valence-corrected chi connectivity index (χ0v) is 16.7. The van der Waals surface area contributed by atoms with E-state index in [2.05, 4.69) is 25.7 Å². The van der Waals surface area contributed by atoms with Gasteiger partial charge in [-0.2, -0.15) is 5.10 Å². The molecule has 0 saturated heterocycles. The van der Waals surface area contributed by atoms with Crippen molar-refractivity contribution in [2.45, 2.75) is 11.3 Å². The van der Waals surface area contributed by atoms with Crippen molar-refractivity contribution < 1.29 is 9.59 Å². The van der Waals surface area contributed by atoms with Gasteiger partial charge in [0.2, 0.25) is 11.0 Å². The normalized spacial score (nSPS) is 10.7. The van der Waals surface area contributed by atoms with Gasteiger partial charge in [-0.3, -0.25) is 20.0 Å². The van der Waals surface area contributed by atoms with Gasteiger partial charge in [0.1, 0.15) is 0 Å². The van der Waals surface area contributed by atoms with Gasteiger partial charge in [-0.1, -0.05) is 23.1 Å². The molecule has 2 N–H and O–H groups in total. The van der Waals surface area contributed by atoms with E-state index in [4.69, 9.17) is 0 Å². The Bertz CT molecular complexity index is 929. The second-order valence-electron chi connectivity index (χ2n) is 5.48. The summed E-state index contributed by atoms with van der Waals surface area (Å²) in [6, 6.07) is 5.70. The summed E-state index contributed by atoms with van der Waals surface area (Å²) in [4.78, 5) is 27.6. The molecule has 26 heavy (non-hydrogen) atoms. The Morgan fingerprint density at radius 2 is 2.08 bits per heavy atom. The Labute approximate surface area is 162 Å². The Morgan fingerprint density at radius 1 is 1.27 bits per heavy atom. The van der Waals surface area contributed by atoms with Crippen LogP contribution >= 0.6 is 34.4 Å². The number of carbonyl (C=O) groups excluding carboxylic acids is 2. The number of thioether (sulfide) groups is 1. The number of amides is 2. The molecule has 0 aliphatic carbocycles. The summed E-state index contributed by atoms with van der Waals surface area (Å²) >= 11 is 4.13. The Hall–Kier alpha value is -2.24. The molecule has 3 heterocycles. The molecule has 0 saturated carbocycles. The minimum absolute atomic E-state index is 0.0105. The summed E-state index contributed by atoms with van der Waals surface area (Å²) < 4.78 is 0.618. The molecule has 3 aromatic heterocycles. The van der Waals surface area contributed by atoms with Gasteiger partial charge in [-0.25, -0.2) is 0 Å². The van der Waals surface area contributed by atoms with Crippen LogP contribution in [0.1, 0.15) is 15.4 Å². The van der Waals surface area contributed by atoms with Crippen molar-refractivity contribution in [2.75, 3.05) is 25.2 Å². The van der Waals surface area contributed by atoms with Gasteiger partial charge in [-0.15, -0.1) is 21.5 Å². The lowest BCUT2D eigenvalue weighted by Gasteiger charge is -2.07. The smallest absolute Gasteiger partial charge is 0.277 e. The topological polar surface area (TPSA) is 104 Å². The van der Waals surface area contributed by atoms with Crippen molar-refractivity contribution in [2.24, 2.45) is 0 Å². The van der Waals surface area contributed by atoms with Gasteiger partial charge < -0.3 is 4.90 Å². The summed E-state index contributed by atoms with van der Waals surface area (Å²) in [5.41, 5.74) is 1.07. The van der Waals surface area contributed by atoms with E-state index >= 15 is 0 Å². The maximum atomic E-state index is 12.3. The molecule has 3 aromatic rings. The number of hydrogen-bond acceptors (Lipinski definition) is 8. The zero-order valence-electron chi connectivity index (χ0n) is 14.3. The van der Waals surface area contributed by atoms with Crippen LogP contribution < -0.4 is 5.32 Å². The standard InChI is InChI=1S/C15H16N6O2S3/c1-8-4-5-11(25-8)9-6-10(18-17-9)13(23)16-14-19-20-15(26-14)24-7-12(22)21(2)3/h4-6H,7H2,1-3H3,(H,17,18)(H,16,19,23). The zero-order chi connectivity index (χ0) is 18.7. The first kappa shape index (κ1) is 18.5. The number of thiophene rings is 1. The summed E-state index contributed by atoms with van der Waals surface area (Å²) in [7, 11) is 3.40. The fourth-order valence-electron chi connectivity index (χ4n) is 1.88. The molecule has 0 aromatic carbocycles. The maximum absolute atomic E-state index is 12.3. The van der Waals surface area contributed by atoms with Gasteiger partial charge >= 0.3 is 0 Å². The van der Waals surface area contributed by atoms with Crippen LogP contribution in [0.25, 0.3) is 10.6 Å². The first-order valence-electron chi connectivity index (χ1n) is 7.52. The number of aromatic amines is 1. The van der Waals surface area contributed by atoms with E-state index in [1.165, 1.54) is 32.9 Å². The van der Waals surface area contributed by atoms with Gasteiger partial charge in [0.25, 0.3) is 5.91 Å². The van der Waals surface area contributed by atoms with Gasteiger partial charge in [0.15, 0.2) is 10.0 Å². The first-order valence-corrected chi connectivity index (χ1v) is 10.1. The lowest BCUT2D eigenvalue weighted by molar-refractivity contribution is -0.125. The van der Waals surface area contributed by atoms with Crippen LogP contribution in [0.5, 0.6) is 0 Å². The molecule has 0 fully saturated rings. The Balaban J connectivity index is 1.60. The summed E-state index contributed by atoms with van der Waals surface area (Å²) in [5, 5.41) is 17.9. The van der Waals surface area contributed by atoms with E-state index in [1.54, 1.807) is 31.5 Å². The molecule has 0 bridgehead atoms. The van der Waals surface area contributed by atoms with Crippen molar-refractivity contribution in [1.82, 2.24) is 25.3 Å². The SMILES string of the molecule is Cc1ccc(-c2cc(C(=O)Nc3nnc(SCC(=O)N(C)C)s3)n[nH]2)s1. The number of H-pyrrole nitrogens is 1. The number of aromatic nitrogens is 4. The lowest BCUT2D eigenvalue weighted by Crippen LogP contribution is -2.23. The van der Waals surface area contributed by atoms with Crippen LogP contribution in [0.2, 0.25) is 0 Å². The van der Waals surface area contributed by atoms with Crippen LogP contribution in [0.3, 0.4) is 0 Å². The average molecular weight is 409 g/mol. The monoisotopic (exact) mass is 408 g/mol. The molecule has 0 unspecified atom stereocenters. The third-order valence-electron chi connectivity index (χ3n) is 3.26. The van der Waals surface area contributed by atoms with Crippen LogP contribution in [-0.4, -0.2) is 57.0 Å². The fourth-order valence-corrected chi connectivity index (χ4v) is 4.43. The predicted molar refractivity (Wildman–Crippen MR) is 104 cm³/mol. The molecule has 0 spiro atoms. The lowest BCUT2D eigenvalue weighted by atomic mass is 10.3. The van der Waals surface area contributed by atoms with E-state index in [1.807, 2.05) is 19.1 Å². The molecular formula is C15H16N6O2S3. The van der Waals surface area contributed by atoms with Gasteiger partial charge in [-0.05, 0) is 25.1 Å². The second-order valence-corrected chi connectivity index (χ2v) is 8.97. The quantitative estimate of drug-likeness (QED) is 0.480. The molecule has 0 radical (unpaired) electrons. The number of carbonyl (C=O) groups is 2. The minimum atomic E-state index is -0.363. The van der Waals surface area contributed by atoms with E-state index in [9.17, 15) is 9.59 Å². The van der Waals surface area contributed by atoms with Crippen molar-refractivity contribution in [3.05, 3.63) is 28.8 Å². The molecule has 3 rings (SSSR count). The number of nitrogens with zero attached hydrogens (tertiary/aromatic N) is 4. The fraction of sp³-hybridized carbons (Fsp3) is 0.267. The minimum Gasteiger partial charge on any atom is -0.348 e. The molecular weight excluding hydrogens is 392 g/mol. The van der Waals surface area contributed by atoms with Crippen LogP contribution in [0.4, 0.5) is 5.13 Å². The van der Waals surface area contributed by atoms with Crippen molar-refractivity contribution in [1.29, 1.82) is 0 Å². The molecule has 8 nitrogen and oxygen atoms in total. The summed E-state index contributed by atoms with van der Waals surface area (Å²) in [5.74, 6) is -0.0973. The van der Waals surface area contributed by atoms with Crippen molar-refractivity contribution in [3.8, 4) is 10.6 Å². The predicted octanol–water partition coefficient (Wildman–Crippen LogP) is 2.73. The van der Waals surface area contributed by atoms with Crippen molar-refractivity contribution >= 4 is 51.4 Å². The summed E-state index contributed by atoms with van der Waals surface area (Å²) in [6.07, 6.45) is 0. The van der Waals surface area contributed by atoms with Crippen LogP contribution in [-0.2, 0) is 4.79 Å². The number of rotatable bonds is 6. The average Bonchev–Trinajstić information content (AvgIpc) is 3.32. The highest BCUT2D eigenvalue weighted by Gasteiger charge is 2.15. The number of nitrogens with one attached hydrogen (secondary N) is 2. The molecule has 136 valence electrons.